The number of halogens is 1. The van der Waals surface area contributed by atoms with Crippen LogP contribution >= 0.6 is 11.6 Å². The van der Waals surface area contributed by atoms with Crippen LogP contribution in [0.5, 0.6) is 11.5 Å². The molecule has 4 rings (SSSR count). The second-order valence-corrected chi connectivity index (χ2v) is 6.49. The number of carbonyl (C=O) groups excluding carboxylic acids is 1. The Kier molecular flexibility index (Phi) is 5.58. The Morgan fingerprint density at radius 3 is 2.83 bits per heavy atom. The number of hydrazone groups is 1. The SMILES string of the molecule is O=C(COc1ccccc1-c1cnoc1)N/N=C/C1=C(Cl)c2ccccc2OC1. The molecular formula is C21H16ClN3O4. The molecule has 0 bridgehead atoms. The number of nitrogens with one attached hydrogen (secondary N) is 1. The van der Waals surface area contributed by atoms with Crippen molar-refractivity contribution < 1.29 is 18.8 Å². The summed E-state index contributed by atoms with van der Waals surface area (Å²) in [7, 11) is 0. The van der Waals surface area contributed by atoms with Crippen LogP contribution in [0, 0.1) is 0 Å². The van der Waals surface area contributed by atoms with Gasteiger partial charge < -0.3 is 14.0 Å². The van der Waals surface area contributed by atoms with Crippen LogP contribution in [0.2, 0.25) is 0 Å². The van der Waals surface area contributed by atoms with Crippen molar-refractivity contribution >= 4 is 28.8 Å². The van der Waals surface area contributed by atoms with E-state index in [2.05, 4.69) is 15.7 Å². The number of aromatic nitrogens is 1. The van der Waals surface area contributed by atoms with Crippen molar-refractivity contribution in [1.82, 2.24) is 10.6 Å². The minimum Gasteiger partial charge on any atom is -0.488 e. The van der Waals surface area contributed by atoms with Gasteiger partial charge in [0.05, 0.1) is 17.4 Å². The van der Waals surface area contributed by atoms with E-state index in [1.54, 1.807) is 12.3 Å². The Bertz CT molecular complexity index is 1080. The normalized spacial score (nSPS) is 13.1. The number of fused-ring (bicyclic) bond motifs is 1. The molecule has 1 N–H and O–H groups in total. The highest BCUT2D eigenvalue weighted by molar-refractivity contribution is 6.51. The number of para-hydroxylation sites is 2. The molecule has 1 aliphatic heterocycles. The number of benzene rings is 2. The van der Waals surface area contributed by atoms with E-state index in [9.17, 15) is 4.79 Å². The van der Waals surface area contributed by atoms with E-state index in [-0.39, 0.29) is 13.2 Å². The zero-order chi connectivity index (χ0) is 20.1. The molecule has 7 nitrogen and oxygen atoms in total. The van der Waals surface area contributed by atoms with Crippen LogP contribution in [0.1, 0.15) is 5.56 Å². The van der Waals surface area contributed by atoms with Crippen molar-refractivity contribution in [1.29, 1.82) is 0 Å². The molecule has 2 aromatic carbocycles. The van der Waals surface area contributed by atoms with E-state index in [1.165, 1.54) is 12.5 Å². The molecule has 0 unspecified atom stereocenters. The van der Waals surface area contributed by atoms with Gasteiger partial charge in [-0.3, -0.25) is 4.79 Å². The van der Waals surface area contributed by atoms with Crippen LogP contribution in [0.25, 0.3) is 16.2 Å². The minimum absolute atomic E-state index is 0.203. The van der Waals surface area contributed by atoms with E-state index < -0.39 is 5.91 Å². The lowest BCUT2D eigenvalue weighted by molar-refractivity contribution is -0.123. The predicted molar refractivity (Wildman–Crippen MR) is 109 cm³/mol. The zero-order valence-corrected chi connectivity index (χ0v) is 15.9. The van der Waals surface area contributed by atoms with Crippen molar-refractivity contribution in [3.05, 3.63) is 72.1 Å². The number of hydrogen-bond donors (Lipinski definition) is 1. The lowest BCUT2D eigenvalue weighted by atomic mass is 10.1. The lowest BCUT2D eigenvalue weighted by Gasteiger charge is -2.18. The van der Waals surface area contributed by atoms with Gasteiger partial charge in [-0.1, -0.05) is 47.1 Å². The largest absolute Gasteiger partial charge is 0.488 e. The van der Waals surface area contributed by atoms with E-state index in [1.807, 2.05) is 42.5 Å². The van der Waals surface area contributed by atoms with Crippen LogP contribution in [-0.4, -0.2) is 30.5 Å². The van der Waals surface area contributed by atoms with Gasteiger partial charge in [-0.25, -0.2) is 5.43 Å². The monoisotopic (exact) mass is 409 g/mol. The molecule has 0 atom stereocenters. The summed E-state index contributed by atoms with van der Waals surface area (Å²) in [5.74, 6) is 0.853. The van der Waals surface area contributed by atoms with Crippen LogP contribution in [-0.2, 0) is 4.79 Å². The summed E-state index contributed by atoms with van der Waals surface area (Å²) in [6, 6.07) is 14.8. The van der Waals surface area contributed by atoms with E-state index in [0.717, 1.165) is 22.4 Å². The molecule has 1 aromatic heterocycles. The lowest BCUT2D eigenvalue weighted by Crippen LogP contribution is -2.25. The van der Waals surface area contributed by atoms with Gasteiger partial charge in [-0.2, -0.15) is 5.10 Å². The second kappa shape index (κ2) is 8.62. The molecule has 0 saturated heterocycles. The van der Waals surface area contributed by atoms with Gasteiger partial charge in [0.1, 0.15) is 24.4 Å². The maximum Gasteiger partial charge on any atom is 0.277 e. The van der Waals surface area contributed by atoms with Gasteiger partial charge >= 0.3 is 0 Å². The molecule has 146 valence electrons. The van der Waals surface area contributed by atoms with Crippen LogP contribution in [0.3, 0.4) is 0 Å². The van der Waals surface area contributed by atoms with E-state index in [0.29, 0.717) is 16.4 Å². The minimum atomic E-state index is -0.407. The summed E-state index contributed by atoms with van der Waals surface area (Å²) < 4.78 is 16.1. The molecule has 0 radical (unpaired) electrons. The molecule has 8 heteroatoms. The topological polar surface area (TPSA) is 86.0 Å². The predicted octanol–water partition coefficient (Wildman–Crippen LogP) is 3.86. The molecule has 1 amide bonds. The molecule has 2 heterocycles. The fraction of sp³-hybridized carbons (Fsp3) is 0.0952. The molecule has 0 aliphatic carbocycles. The first kappa shape index (κ1) is 18.8. The van der Waals surface area contributed by atoms with Crippen LogP contribution in [0.4, 0.5) is 0 Å². The fourth-order valence-corrected chi connectivity index (χ4v) is 3.05. The number of rotatable bonds is 6. The molecule has 0 spiro atoms. The average Bonchev–Trinajstić information content (AvgIpc) is 3.29. The first-order valence-electron chi connectivity index (χ1n) is 8.76. The van der Waals surface area contributed by atoms with Crippen molar-refractivity contribution in [3.63, 3.8) is 0 Å². The van der Waals surface area contributed by atoms with E-state index >= 15 is 0 Å². The molecule has 1 aliphatic rings. The standard InChI is InChI=1S/C21H16ClN3O4/c22-21-15(11-27-19-8-4-2-6-17(19)21)9-23-25-20(26)13-28-18-7-3-1-5-16(18)14-10-24-29-12-14/h1-10,12H,11,13H2,(H,25,26)/b23-9+. The van der Waals surface area contributed by atoms with Gasteiger partial charge in [0, 0.05) is 22.3 Å². The summed E-state index contributed by atoms with van der Waals surface area (Å²) in [6.45, 7) is 0.0730. The molecule has 0 fully saturated rings. The first-order valence-corrected chi connectivity index (χ1v) is 9.14. The average molecular weight is 410 g/mol. The fourth-order valence-electron chi connectivity index (χ4n) is 2.79. The summed E-state index contributed by atoms with van der Waals surface area (Å²) in [5.41, 5.74) is 5.43. The Morgan fingerprint density at radius 2 is 2.00 bits per heavy atom. The quantitative estimate of drug-likeness (QED) is 0.493. The number of nitrogens with zero attached hydrogens (tertiary/aromatic N) is 2. The van der Waals surface area contributed by atoms with Crippen LogP contribution < -0.4 is 14.9 Å². The van der Waals surface area contributed by atoms with Crippen LogP contribution in [0.15, 0.2) is 76.2 Å². The number of ether oxygens (including phenoxy) is 2. The summed E-state index contributed by atoms with van der Waals surface area (Å²) in [4.78, 5) is 12.1. The Labute approximate surface area is 171 Å². The summed E-state index contributed by atoms with van der Waals surface area (Å²) in [6.07, 6.45) is 4.56. The highest BCUT2D eigenvalue weighted by atomic mass is 35.5. The highest BCUT2D eigenvalue weighted by Crippen LogP contribution is 2.34. The third-order valence-electron chi connectivity index (χ3n) is 4.19. The molecule has 0 saturated carbocycles. The first-order chi connectivity index (χ1) is 14.2. The van der Waals surface area contributed by atoms with Crippen molar-refractivity contribution in [2.75, 3.05) is 13.2 Å². The smallest absolute Gasteiger partial charge is 0.277 e. The zero-order valence-electron chi connectivity index (χ0n) is 15.2. The van der Waals surface area contributed by atoms with Crippen molar-refractivity contribution in [2.24, 2.45) is 5.10 Å². The third-order valence-corrected chi connectivity index (χ3v) is 4.63. The number of carbonyl (C=O) groups is 1. The molecule has 3 aromatic rings. The summed E-state index contributed by atoms with van der Waals surface area (Å²) >= 11 is 6.39. The molecule has 29 heavy (non-hydrogen) atoms. The Morgan fingerprint density at radius 1 is 1.21 bits per heavy atom. The Balaban J connectivity index is 1.36. The van der Waals surface area contributed by atoms with Gasteiger partial charge in [0.2, 0.25) is 0 Å². The van der Waals surface area contributed by atoms with Gasteiger partial charge in [-0.15, -0.1) is 0 Å². The van der Waals surface area contributed by atoms with E-state index in [4.69, 9.17) is 25.6 Å². The van der Waals surface area contributed by atoms with Crippen molar-refractivity contribution in [3.8, 4) is 22.6 Å². The third kappa shape index (κ3) is 4.30. The van der Waals surface area contributed by atoms with Crippen molar-refractivity contribution in [2.45, 2.75) is 0 Å². The molecular weight excluding hydrogens is 394 g/mol. The van der Waals surface area contributed by atoms with Gasteiger partial charge in [0.25, 0.3) is 5.91 Å². The highest BCUT2D eigenvalue weighted by Gasteiger charge is 2.17. The number of hydrogen-bond acceptors (Lipinski definition) is 6. The maximum absolute atomic E-state index is 12.1. The maximum atomic E-state index is 12.1. The second-order valence-electron chi connectivity index (χ2n) is 6.12. The Hall–Kier alpha value is -3.58. The van der Waals surface area contributed by atoms with Gasteiger partial charge in [0.15, 0.2) is 6.61 Å². The van der Waals surface area contributed by atoms with Gasteiger partial charge in [-0.05, 0) is 18.2 Å². The summed E-state index contributed by atoms with van der Waals surface area (Å²) in [5, 5.41) is 8.18. The number of amides is 1.